The molecule has 0 aromatic heterocycles. The summed E-state index contributed by atoms with van der Waals surface area (Å²) in [7, 11) is 0. The van der Waals surface area contributed by atoms with Gasteiger partial charge in [-0.05, 0) is 17.7 Å². The average molecular weight is 262 g/mol. The van der Waals surface area contributed by atoms with Gasteiger partial charge in [0.15, 0.2) is 0 Å². The van der Waals surface area contributed by atoms with Crippen LogP contribution in [0.15, 0.2) is 24.3 Å². The highest BCUT2D eigenvalue weighted by molar-refractivity contribution is 7.99. The van der Waals surface area contributed by atoms with Crippen molar-refractivity contribution in [2.75, 3.05) is 37.7 Å². The number of thioether (sulfide) groups is 1. The molecule has 1 aromatic rings. The molecule has 96 valence electrons. The maximum Gasteiger partial charge on any atom is 0.119 e. The normalized spacial score (nSPS) is 16.2. The molecule has 3 nitrogen and oxygen atoms in total. The van der Waals surface area contributed by atoms with Crippen molar-refractivity contribution >= 4 is 11.8 Å². The van der Waals surface area contributed by atoms with Gasteiger partial charge in [-0.1, -0.05) is 12.1 Å². The van der Waals surface area contributed by atoms with E-state index in [4.69, 9.17) is 10.00 Å². The number of ether oxygens (including phenoxy) is 1. The second-order valence-electron chi connectivity index (χ2n) is 4.28. The number of rotatable bonds is 5. The van der Waals surface area contributed by atoms with E-state index >= 15 is 0 Å². The van der Waals surface area contributed by atoms with Gasteiger partial charge in [-0.2, -0.15) is 17.0 Å². The minimum Gasteiger partial charge on any atom is -0.492 e. The van der Waals surface area contributed by atoms with Crippen LogP contribution in [0, 0.1) is 11.3 Å². The van der Waals surface area contributed by atoms with Crippen LogP contribution in [-0.2, 0) is 6.42 Å². The molecule has 1 saturated heterocycles. The van der Waals surface area contributed by atoms with Crippen LogP contribution in [-0.4, -0.2) is 42.6 Å². The molecule has 1 fully saturated rings. The molecule has 1 heterocycles. The van der Waals surface area contributed by atoms with Crippen molar-refractivity contribution in [3.63, 3.8) is 0 Å². The van der Waals surface area contributed by atoms with Crippen LogP contribution in [0.25, 0.3) is 0 Å². The highest BCUT2D eigenvalue weighted by Crippen LogP contribution is 2.13. The van der Waals surface area contributed by atoms with Crippen LogP contribution < -0.4 is 4.74 Å². The first-order valence-electron chi connectivity index (χ1n) is 6.27. The van der Waals surface area contributed by atoms with Crippen molar-refractivity contribution in [2.24, 2.45) is 0 Å². The monoisotopic (exact) mass is 262 g/mol. The van der Waals surface area contributed by atoms with Gasteiger partial charge in [-0.3, -0.25) is 4.90 Å². The molecule has 0 bridgehead atoms. The van der Waals surface area contributed by atoms with Gasteiger partial charge in [0.05, 0.1) is 12.5 Å². The van der Waals surface area contributed by atoms with Crippen LogP contribution in [0.2, 0.25) is 0 Å². The quantitative estimate of drug-likeness (QED) is 0.815. The topological polar surface area (TPSA) is 36.3 Å². The van der Waals surface area contributed by atoms with E-state index in [2.05, 4.69) is 11.0 Å². The van der Waals surface area contributed by atoms with E-state index in [1.54, 1.807) is 0 Å². The molecule has 0 amide bonds. The van der Waals surface area contributed by atoms with E-state index in [1.807, 2.05) is 36.0 Å². The van der Waals surface area contributed by atoms with Crippen LogP contribution in [0.1, 0.15) is 5.56 Å². The molecule has 18 heavy (non-hydrogen) atoms. The SMILES string of the molecule is N#CCc1ccc(OCCN2CCSCC2)cc1. The fourth-order valence-electron chi connectivity index (χ4n) is 1.91. The number of hydrogen-bond acceptors (Lipinski definition) is 4. The molecule has 1 aliphatic heterocycles. The smallest absolute Gasteiger partial charge is 0.119 e. The zero-order valence-electron chi connectivity index (χ0n) is 10.5. The Morgan fingerprint density at radius 3 is 2.61 bits per heavy atom. The van der Waals surface area contributed by atoms with Gasteiger partial charge in [-0.15, -0.1) is 0 Å². The second kappa shape index (κ2) is 7.30. The third-order valence-electron chi connectivity index (χ3n) is 2.99. The van der Waals surface area contributed by atoms with Crippen molar-refractivity contribution in [3.05, 3.63) is 29.8 Å². The van der Waals surface area contributed by atoms with Crippen LogP contribution in [0.3, 0.4) is 0 Å². The maximum atomic E-state index is 8.59. The molecule has 0 saturated carbocycles. The summed E-state index contributed by atoms with van der Waals surface area (Å²) in [6.07, 6.45) is 0.464. The Labute approximate surface area is 113 Å². The van der Waals surface area contributed by atoms with E-state index in [1.165, 1.54) is 24.6 Å². The fourth-order valence-corrected chi connectivity index (χ4v) is 2.89. The standard InChI is InChI=1S/C14H18N2OS/c15-6-5-13-1-3-14(4-2-13)17-10-7-16-8-11-18-12-9-16/h1-4H,5,7-12H2. The highest BCUT2D eigenvalue weighted by Gasteiger charge is 2.09. The van der Waals surface area contributed by atoms with Crippen molar-refractivity contribution in [1.82, 2.24) is 4.90 Å². The summed E-state index contributed by atoms with van der Waals surface area (Å²) < 4.78 is 5.71. The van der Waals surface area contributed by atoms with Crippen molar-refractivity contribution in [1.29, 1.82) is 5.26 Å². The molecule has 1 aromatic carbocycles. The Hall–Kier alpha value is -1.18. The largest absolute Gasteiger partial charge is 0.492 e. The van der Waals surface area contributed by atoms with Crippen molar-refractivity contribution in [3.8, 4) is 11.8 Å². The Balaban J connectivity index is 1.71. The molecular weight excluding hydrogens is 244 g/mol. The molecular formula is C14H18N2OS. The van der Waals surface area contributed by atoms with Crippen molar-refractivity contribution in [2.45, 2.75) is 6.42 Å². The Morgan fingerprint density at radius 1 is 1.22 bits per heavy atom. The molecule has 0 N–H and O–H groups in total. The van der Waals surface area contributed by atoms with E-state index in [-0.39, 0.29) is 0 Å². The fraction of sp³-hybridized carbons (Fsp3) is 0.500. The Morgan fingerprint density at radius 2 is 1.94 bits per heavy atom. The number of nitrogens with zero attached hydrogens (tertiary/aromatic N) is 2. The van der Waals surface area contributed by atoms with Crippen LogP contribution in [0.5, 0.6) is 5.75 Å². The van der Waals surface area contributed by atoms with Gasteiger partial charge in [0.1, 0.15) is 12.4 Å². The molecule has 0 spiro atoms. The van der Waals surface area contributed by atoms with Gasteiger partial charge >= 0.3 is 0 Å². The summed E-state index contributed by atoms with van der Waals surface area (Å²) >= 11 is 2.03. The molecule has 0 aliphatic carbocycles. The molecule has 1 aliphatic rings. The third-order valence-corrected chi connectivity index (χ3v) is 3.93. The summed E-state index contributed by atoms with van der Waals surface area (Å²) in [6.45, 7) is 4.09. The molecule has 4 heteroatoms. The second-order valence-corrected chi connectivity index (χ2v) is 5.51. The zero-order valence-corrected chi connectivity index (χ0v) is 11.3. The van der Waals surface area contributed by atoms with Gasteiger partial charge in [0.2, 0.25) is 0 Å². The lowest BCUT2D eigenvalue weighted by Crippen LogP contribution is -2.35. The highest BCUT2D eigenvalue weighted by atomic mass is 32.2. The van der Waals surface area contributed by atoms with Gasteiger partial charge in [0, 0.05) is 31.1 Å². The average Bonchev–Trinajstić information content (AvgIpc) is 2.42. The Bertz CT molecular complexity index is 393. The lowest BCUT2D eigenvalue weighted by Gasteiger charge is -2.25. The molecule has 2 rings (SSSR count). The van der Waals surface area contributed by atoms with E-state index < -0.39 is 0 Å². The van der Waals surface area contributed by atoms with Crippen LogP contribution in [0.4, 0.5) is 0 Å². The molecule has 0 atom stereocenters. The predicted octanol–water partition coefficient (Wildman–Crippen LogP) is 2.18. The summed E-state index contributed by atoms with van der Waals surface area (Å²) in [5, 5.41) is 8.59. The number of nitriles is 1. The van der Waals surface area contributed by atoms with Gasteiger partial charge in [-0.25, -0.2) is 0 Å². The third kappa shape index (κ3) is 4.25. The lowest BCUT2D eigenvalue weighted by atomic mass is 10.2. The summed E-state index contributed by atoms with van der Waals surface area (Å²) in [5.74, 6) is 3.37. The van der Waals surface area contributed by atoms with Gasteiger partial charge < -0.3 is 4.74 Å². The van der Waals surface area contributed by atoms with E-state index in [0.29, 0.717) is 6.42 Å². The van der Waals surface area contributed by atoms with Crippen molar-refractivity contribution < 1.29 is 4.74 Å². The van der Waals surface area contributed by atoms with E-state index in [0.717, 1.165) is 24.5 Å². The molecule has 0 radical (unpaired) electrons. The zero-order chi connectivity index (χ0) is 12.6. The first-order valence-corrected chi connectivity index (χ1v) is 7.43. The summed E-state index contributed by atoms with van der Waals surface area (Å²) in [6, 6.07) is 9.94. The maximum absolute atomic E-state index is 8.59. The Kier molecular flexibility index (Phi) is 5.37. The number of benzene rings is 1. The predicted molar refractivity (Wildman–Crippen MR) is 75.0 cm³/mol. The van der Waals surface area contributed by atoms with E-state index in [9.17, 15) is 0 Å². The minimum atomic E-state index is 0.464. The summed E-state index contributed by atoms with van der Waals surface area (Å²) in [5.41, 5.74) is 1.04. The van der Waals surface area contributed by atoms with Gasteiger partial charge in [0.25, 0.3) is 0 Å². The lowest BCUT2D eigenvalue weighted by molar-refractivity contribution is 0.222. The first kappa shape index (κ1) is 13.3. The summed E-state index contributed by atoms with van der Waals surface area (Å²) in [4.78, 5) is 2.44. The van der Waals surface area contributed by atoms with Crippen LogP contribution >= 0.6 is 11.8 Å². The minimum absolute atomic E-state index is 0.464. The molecule has 0 unspecified atom stereocenters. The first-order chi connectivity index (χ1) is 8.88. The number of hydrogen-bond donors (Lipinski definition) is 0.